The number of nitrogens with one attached hydrogen (secondary N) is 2. The maximum atomic E-state index is 12.6. The van der Waals surface area contributed by atoms with E-state index in [0.29, 0.717) is 13.1 Å². The Labute approximate surface area is 204 Å². The molecule has 4 rings (SSSR count). The number of carbonyl (C=O) groups excluding carboxylic acids is 2. The zero-order valence-corrected chi connectivity index (χ0v) is 19.5. The Bertz CT molecular complexity index is 1160. The molecule has 34 heavy (non-hydrogen) atoms. The lowest BCUT2D eigenvalue weighted by Crippen LogP contribution is -2.48. The minimum Gasteiger partial charge on any atom is -0.368 e. The number of piperazine rings is 1. The predicted octanol–water partition coefficient (Wildman–Crippen LogP) is 4.18. The number of carbonyl (C=O) groups is 2. The summed E-state index contributed by atoms with van der Waals surface area (Å²) in [7, 11) is 0. The van der Waals surface area contributed by atoms with Crippen LogP contribution in [0.1, 0.15) is 15.9 Å². The van der Waals surface area contributed by atoms with E-state index in [2.05, 4.69) is 15.5 Å². The van der Waals surface area contributed by atoms with Crippen molar-refractivity contribution in [1.29, 1.82) is 0 Å². The summed E-state index contributed by atoms with van der Waals surface area (Å²) in [6.07, 6.45) is 3.19. The Morgan fingerprint density at radius 1 is 0.794 bits per heavy atom. The van der Waals surface area contributed by atoms with Gasteiger partial charge in [-0.15, -0.1) is 0 Å². The van der Waals surface area contributed by atoms with Crippen molar-refractivity contribution in [3.8, 4) is 0 Å². The largest absolute Gasteiger partial charge is 0.368 e. The molecule has 1 heterocycles. The van der Waals surface area contributed by atoms with Crippen molar-refractivity contribution in [2.45, 2.75) is 0 Å². The minimum absolute atomic E-state index is 0.0778. The van der Waals surface area contributed by atoms with Gasteiger partial charge in [-0.05, 0) is 60.3 Å². The molecule has 1 saturated heterocycles. The van der Waals surface area contributed by atoms with Gasteiger partial charge >= 0.3 is 0 Å². The number of amides is 2. The van der Waals surface area contributed by atoms with E-state index in [1.54, 1.807) is 6.08 Å². The highest BCUT2D eigenvalue weighted by Gasteiger charge is 2.22. The molecular formula is C27H26N4O2S. The standard InChI is InChI=1S/C27H26N4O2S/c32-25(16-11-21-7-3-1-4-8-21)29-27(34)28-23-12-14-24(15-13-23)30-17-19-31(20-18-30)26(33)22-9-5-2-6-10-22/h1-16H,17-20H2,(H2,28,29,32,34)/b16-11+. The maximum Gasteiger partial charge on any atom is 0.253 e. The third kappa shape index (κ3) is 6.30. The maximum absolute atomic E-state index is 12.6. The molecule has 0 aliphatic carbocycles. The monoisotopic (exact) mass is 470 g/mol. The van der Waals surface area contributed by atoms with Gasteiger partial charge in [-0.1, -0.05) is 48.5 Å². The molecule has 0 bridgehead atoms. The molecule has 7 heteroatoms. The number of thiocarbonyl (C=S) groups is 1. The third-order valence-corrected chi connectivity index (χ3v) is 5.75. The number of nitrogens with zero attached hydrogens (tertiary/aromatic N) is 2. The molecular weight excluding hydrogens is 444 g/mol. The molecule has 2 N–H and O–H groups in total. The SMILES string of the molecule is O=C(/C=C/c1ccccc1)NC(=S)Nc1ccc(N2CCN(C(=O)c3ccccc3)CC2)cc1. The molecule has 0 unspecified atom stereocenters. The Kier molecular flexibility index (Phi) is 7.67. The average Bonchev–Trinajstić information content (AvgIpc) is 2.89. The highest BCUT2D eigenvalue weighted by Crippen LogP contribution is 2.20. The lowest BCUT2D eigenvalue weighted by Gasteiger charge is -2.36. The molecule has 0 aromatic heterocycles. The number of hydrogen-bond donors (Lipinski definition) is 2. The normalized spacial score (nSPS) is 13.5. The zero-order valence-electron chi connectivity index (χ0n) is 18.7. The fourth-order valence-electron chi connectivity index (χ4n) is 3.74. The van der Waals surface area contributed by atoms with Crippen molar-refractivity contribution in [2.75, 3.05) is 36.4 Å². The van der Waals surface area contributed by atoms with Gasteiger partial charge in [0.1, 0.15) is 0 Å². The second kappa shape index (κ2) is 11.2. The quantitative estimate of drug-likeness (QED) is 0.433. The van der Waals surface area contributed by atoms with Crippen LogP contribution in [0, 0.1) is 0 Å². The molecule has 6 nitrogen and oxygen atoms in total. The summed E-state index contributed by atoms with van der Waals surface area (Å²) in [6.45, 7) is 2.90. The van der Waals surface area contributed by atoms with Gasteiger partial charge in [0.15, 0.2) is 5.11 Å². The average molecular weight is 471 g/mol. The van der Waals surface area contributed by atoms with Crippen molar-refractivity contribution in [2.24, 2.45) is 0 Å². The van der Waals surface area contributed by atoms with Crippen molar-refractivity contribution in [3.63, 3.8) is 0 Å². The van der Waals surface area contributed by atoms with E-state index in [-0.39, 0.29) is 16.9 Å². The number of rotatable bonds is 5. The summed E-state index contributed by atoms with van der Waals surface area (Å²) in [5.41, 5.74) is 3.54. The number of anilines is 2. The van der Waals surface area contributed by atoms with Crippen LogP contribution >= 0.6 is 12.2 Å². The molecule has 2 amide bonds. The summed E-state index contributed by atoms with van der Waals surface area (Å²) in [4.78, 5) is 28.9. The zero-order chi connectivity index (χ0) is 23.8. The van der Waals surface area contributed by atoms with Crippen LogP contribution in [-0.4, -0.2) is 48.0 Å². The van der Waals surface area contributed by atoms with Gasteiger partial charge in [-0.3, -0.25) is 14.9 Å². The lowest BCUT2D eigenvalue weighted by atomic mass is 10.1. The van der Waals surface area contributed by atoms with E-state index < -0.39 is 0 Å². The van der Waals surface area contributed by atoms with Crippen molar-refractivity contribution in [3.05, 3.63) is 102 Å². The Morgan fingerprint density at radius 3 is 2.06 bits per heavy atom. The first-order valence-electron chi connectivity index (χ1n) is 11.1. The Hall–Kier alpha value is -3.97. The molecule has 0 atom stereocenters. The van der Waals surface area contributed by atoms with Crippen molar-refractivity contribution >= 4 is 46.6 Å². The van der Waals surface area contributed by atoms with Crippen LogP contribution in [0.15, 0.2) is 91.0 Å². The van der Waals surface area contributed by atoms with Crippen molar-refractivity contribution in [1.82, 2.24) is 10.2 Å². The smallest absolute Gasteiger partial charge is 0.253 e. The highest BCUT2D eigenvalue weighted by molar-refractivity contribution is 7.80. The summed E-state index contributed by atoms with van der Waals surface area (Å²) in [6, 6.07) is 26.9. The summed E-state index contributed by atoms with van der Waals surface area (Å²) < 4.78 is 0. The minimum atomic E-state index is -0.291. The van der Waals surface area contributed by atoms with E-state index >= 15 is 0 Å². The Balaban J connectivity index is 1.25. The van der Waals surface area contributed by atoms with Gasteiger partial charge in [0.2, 0.25) is 5.91 Å². The topological polar surface area (TPSA) is 64.7 Å². The molecule has 1 aliphatic rings. The van der Waals surface area contributed by atoms with Crippen LogP contribution in [0.5, 0.6) is 0 Å². The third-order valence-electron chi connectivity index (χ3n) is 5.54. The first kappa shape index (κ1) is 23.2. The second-order valence-electron chi connectivity index (χ2n) is 7.88. The predicted molar refractivity (Wildman–Crippen MR) is 141 cm³/mol. The van der Waals surface area contributed by atoms with Gasteiger partial charge in [0.25, 0.3) is 5.91 Å². The Morgan fingerprint density at radius 2 is 1.41 bits per heavy atom. The summed E-state index contributed by atoms with van der Waals surface area (Å²) in [5.74, 6) is -0.213. The van der Waals surface area contributed by atoms with Crippen LogP contribution in [0.3, 0.4) is 0 Å². The molecule has 172 valence electrons. The fraction of sp³-hybridized carbons (Fsp3) is 0.148. The van der Waals surface area contributed by atoms with E-state index in [1.807, 2.05) is 89.8 Å². The van der Waals surface area contributed by atoms with Crippen molar-refractivity contribution < 1.29 is 9.59 Å². The molecule has 0 spiro atoms. The van der Waals surface area contributed by atoms with Gasteiger partial charge in [-0.2, -0.15) is 0 Å². The van der Waals surface area contributed by atoms with Gasteiger partial charge < -0.3 is 15.1 Å². The van der Waals surface area contributed by atoms with Gasteiger partial charge in [0.05, 0.1) is 0 Å². The lowest BCUT2D eigenvalue weighted by molar-refractivity contribution is -0.115. The fourth-order valence-corrected chi connectivity index (χ4v) is 3.96. The summed E-state index contributed by atoms with van der Waals surface area (Å²) in [5, 5.41) is 5.93. The molecule has 1 aliphatic heterocycles. The van der Waals surface area contributed by atoms with Gasteiger partial charge in [-0.25, -0.2) is 0 Å². The van der Waals surface area contributed by atoms with Crippen LogP contribution in [0.25, 0.3) is 6.08 Å². The van der Waals surface area contributed by atoms with Crippen LogP contribution in [0.4, 0.5) is 11.4 Å². The van der Waals surface area contributed by atoms with E-state index in [1.165, 1.54) is 6.08 Å². The first-order chi connectivity index (χ1) is 16.6. The van der Waals surface area contributed by atoms with Crippen LogP contribution in [-0.2, 0) is 4.79 Å². The van der Waals surface area contributed by atoms with E-state index in [0.717, 1.165) is 35.6 Å². The molecule has 0 saturated carbocycles. The summed E-state index contributed by atoms with van der Waals surface area (Å²) >= 11 is 5.25. The molecule has 3 aromatic rings. The molecule has 0 radical (unpaired) electrons. The molecule has 3 aromatic carbocycles. The van der Waals surface area contributed by atoms with E-state index in [9.17, 15) is 9.59 Å². The number of benzene rings is 3. The first-order valence-corrected chi connectivity index (χ1v) is 11.5. The number of hydrogen-bond acceptors (Lipinski definition) is 4. The van der Waals surface area contributed by atoms with Crippen LogP contribution < -0.4 is 15.5 Å². The van der Waals surface area contributed by atoms with E-state index in [4.69, 9.17) is 12.2 Å². The van der Waals surface area contributed by atoms with Crippen LogP contribution in [0.2, 0.25) is 0 Å². The molecule has 1 fully saturated rings. The van der Waals surface area contributed by atoms with Gasteiger partial charge in [0, 0.05) is 49.2 Å². The highest BCUT2D eigenvalue weighted by atomic mass is 32.1. The second-order valence-corrected chi connectivity index (χ2v) is 8.29.